The molecule has 9 nitrogen and oxygen atoms in total. The zero-order valence-corrected chi connectivity index (χ0v) is 25.0. The molecule has 0 radical (unpaired) electrons. The molecule has 0 aromatic heterocycles. The third kappa shape index (κ3) is 9.38. The fourth-order valence-corrected chi connectivity index (χ4v) is 4.37. The molecule has 2 rings (SSSR count). The molecule has 0 fully saturated rings. The number of primary amides is 1. The van der Waals surface area contributed by atoms with E-state index in [4.69, 9.17) is 16.9 Å². The quantitative estimate of drug-likeness (QED) is 0.340. The summed E-state index contributed by atoms with van der Waals surface area (Å²) in [5.74, 6) is 0.954. The van der Waals surface area contributed by atoms with Crippen LogP contribution in [0.25, 0.3) is 0 Å². The van der Waals surface area contributed by atoms with E-state index in [9.17, 15) is 19.2 Å². The largest absolute Gasteiger partial charge is 0.444 e. The van der Waals surface area contributed by atoms with Gasteiger partial charge in [-0.05, 0) is 83.2 Å². The Bertz CT molecular complexity index is 1270. The fraction of sp³-hybridized carbons (Fsp3) is 0.438. The third-order valence-corrected chi connectivity index (χ3v) is 6.64. The van der Waals surface area contributed by atoms with E-state index in [0.29, 0.717) is 23.2 Å². The Balaban J connectivity index is 2.63. The van der Waals surface area contributed by atoms with Gasteiger partial charge in [-0.15, -0.1) is 6.42 Å². The number of ether oxygens (including phenoxy) is 1. The number of carbonyl (C=O) groups is 4. The number of nitrogens with two attached hydrogens (primary N) is 1. The first kappa shape index (κ1) is 32.9. The molecule has 220 valence electrons. The molecule has 2 aromatic carbocycles. The van der Waals surface area contributed by atoms with Crippen LogP contribution in [0.3, 0.4) is 0 Å². The van der Waals surface area contributed by atoms with Gasteiger partial charge in [0, 0.05) is 23.7 Å². The standard InChI is InChI=1S/C32H42N4O5/c1-9-22(5)36(30(39)25(18-19-26(33)37)34-31(40)41-32(6,7)8)28(24-16-14-23(10-2)15-17-24)29(38)35-27-20(3)12-11-13-21(27)4/h2,11-17,22,25,28H,9,18-19H2,1,3-8H3,(H2,33,37)(H,34,40)(H,35,38). The molecule has 0 saturated carbocycles. The minimum atomic E-state index is -1.17. The highest BCUT2D eigenvalue weighted by molar-refractivity contribution is 6.00. The lowest BCUT2D eigenvalue weighted by molar-refractivity contribution is -0.143. The van der Waals surface area contributed by atoms with Crippen LogP contribution >= 0.6 is 0 Å². The highest BCUT2D eigenvalue weighted by atomic mass is 16.6. The Hall–Kier alpha value is -4.32. The van der Waals surface area contributed by atoms with Crippen LogP contribution in [-0.2, 0) is 19.1 Å². The Morgan fingerprint density at radius 1 is 1.05 bits per heavy atom. The van der Waals surface area contributed by atoms with E-state index in [1.165, 1.54) is 4.90 Å². The molecule has 0 heterocycles. The van der Waals surface area contributed by atoms with Gasteiger partial charge in [0.05, 0.1) is 0 Å². The van der Waals surface area contributed by atoms with E-state index >= 15 is 0 Å². The SMILES string of the molecule is C#Cc1ccc(C(C(=O)Nc2c(C)cccc2C)N(C(=O)C(CCC(N)=O)NC(=O)OC(C)(C)C)C(C)CC)cc1. The molecule has 4 N–H and O–H groups in total. The first-order chi connectivity index (χ1) is 19.2. The number of terminal acetylenes is 1. The molecule has 0 aliphatic rings. The lowest BCUT2D eigenvalue weighted by Gasteiger charge is -2.38. The summed E-state index contributed by atoms with van der Waals surface area (Å²) in [4.78, 5) is 54.2. The minimum Gasteiger partial charge on any atom is -0.444 e. The van der Waals surface area contributed by atoms with E-state index in [1.807, 2.05) is 45.9 Å². The van der Waals surface area contributed by atoms with Gasteiger partial charge < -0.3 is 26.0 Å². The van der Waals surface area contributed by atoms with Crippen LogP contribution in [-0.4, -0.2) is 46.4 Å². The summed E-state index contributed by atoms with van der Waals surface area (Å²) < 4.78 is 5.38. The smallest absolute Gasteiger partial charge is 0.408 e. The summed E-state index contributed by atoms with van der Waals surface area (Å²) in [7, 11) is 0. The topological polar surface area (TPSA) is 131 Å². The van der Waals surface area contributed by atoms with Crippen molar-refractivity contribution in [1.29, 1.82) is 0 Å². The molecule has 41 heavy (non-hydrogen) atoms. The van der Waals surface area contributed by atoms with Crippen molar-refractivity contribution in [2.24, 2.45) is 5.73 Å². The second-order valence-corrected chi connectivity index (χ2v) is 11.1. The first-order valence-corrected chi connectivity index (χ1v) is 13.7. The van der Waals surface area contributed by atoms with Crippen LogP contribution in [0.5, 0.6) is 0 Å². The number of rotatable bonds is 11. The number of benzene rings is 2. The minimum absolute atomic E-state index is 0.0678. The number of aryl methyl sites for hydroxylation is 2. The number of amides is 4. The average molecular weight is 563 g/mol. The van der Waals surface area contributed by atoms with E-state index in [0.717, 1.165) is 11.1 Å². The second-order valence-electron chi connectivity index (χ2n) is 11.1. The molecule has 4 amide bonds. The number of para-hydroxylation sites is 1. The molecule has 3 unspecified atom stereocenters. The van der Waals surface area contributed by atoms with Crippen molar-refractivity contribution < 1.29 is 23.9 Å². The van der Waals surface area contributed by atoms with E-state index in [2.05, 4.69) is 16.6 Å². The van der Waals surface area contributed by atoms with Crippen LogP contribution in [0.1, 0.15) is 82.2 Å². The maximum atomic E-state index is 14.3. The molecule has 3 atom stereocenters. The van der Waals surface area contributed by atoms with Gasteiger partial charge in [-0.3, -0.25) is 14.4 Å². The van der Waals surface area contributed by atoms with Crippen molar-refractivity contribution in [3.05, 3.63) is 64.7 Å². The fourth-order valence-electron chi connectivity index (χ4n) is 4.37. The van der Waals surface area contributed by atoms with Gasteiger partial charge in [0.1, 0.15) is 17.7 Å². The zero-order chi connectivity index (χ0) is 30.9. The van der Waals surface area contributed by atoms with Crippen molar-refractivity contribution in [2.45, 2.75) is 91.5 Å². The Morgan fingerprint density at radius 3 is 2.12 bits per heavy atom. The summed E-state index contributed by atoms with van der Waals surface area (Å²) >= 11 is 0. The number of nitrogens with zero attached hydrogens (tertiary/aromatic N) is 1. The van der Waals surface area contributed by atoms with Gasteiger partial charge in [0.2, 0.25) is 11.8 Å². The van der Waals surface area contributed by atoms with Crippen LogP contribution in [0, 0.1) is 26.2 Å². The normalized spacial score (nSPS) is 13.2. The highest BCUT2D eigenvalue weighted by Gasteiger charge is 2.38. The first-order valence-electron chi connectivity index (χ1n) is 13.7. The van der Waals surface area contributed by atoms with Crippen LogP contribution in [0.4, 0.5) is 10.5 Å². The van der Waals surface area contributed by atoms with Crippen molar-refractivity contribution in [3.8, 4) is 12.3 Å². The molecular weight excluding hydrogens is 520 g/mol. The van der Waals surface area contributed by atoms with Gasteiger partial charge >= 0.3 is 6.09 Å². The summed E-state index contributed by atoms with van der Waals surface area (Å²) in [6.45, 7) is 12.6. The monoisotopic (exact) mass is 562 g/mol. The van der Waals surface area contributed by atoms with Gasteiger partial charge in [0.25, 0.3) is 5.91 Å². The van der Waals surface area contributed by atoms with Crippen LogP contribution in [0.15, 0.2) is 42.5 Å². The lowest BCUT2D eigenvalue weighted by Crippen LogP contribution is -2.55. The third-order valence-electron chi connectivity index (χ3n) is 6.64. The van der Waals surface area contributed by atoms with Gasteiger partial charge in [0.15, 0.2) is 0 Å². The zero-order valence-electron chi connectivity index (χ0n) is 25.0. The molecule has 0 spiro atoms. The Morgan fingerprint density at radius 2 is 1.63 bits per heavy atom. The van der Waals surface area contributed by atoms with Crippen LogP contribution in [0.2, 0.25) is 0 Å². The summed E-state index contributed by atoms with van der Waals surface area (Å²) in [5, 5.41) is 5.62. The van der Waals surface area contributed by atoms with Crippen LogP contribution < -0.4 is 16.4 Å². The number of alkyl carbamates (subject to hydrolysis) is 1. The second kappa shape index (κ2) is 14.4. The summed E-state index contributed by atoms with van der Waals surface area (Å²) in [6, 6.07) is 9.83. The lowest BCUT2D eigenvalue weighted by atomic mass is 9.97. The molecule has 0 aliphatic carbocycles. The van der Waals surface area contributed by atoms with Crippen molar-refractivity contribution in [1.82, 2.24) is 10.2 Å². The van der Waals surface area contributed by atoms with Gasteiger partial charge in [-0.1, -0.05) is 43.2 Å². The number of nitrogens with one attached hydrogen (secondary N) is 2. The summed E-state index contributed by atoms with van der Waals surface area (Å²) in [6.07, 6.45) is 5.02. The molecular formula is C32H42N4O5. The van der Waals surface area contributed by atoms with E-state index < -0.39 is 47.5 Å². The molecule has 0 aliphatic heterocycles. The highest BCUT2D eigenvalue weighted by Crippen LogP contribution is 2.30. The molecule has 0 bridgehead atoms. The van der Waals surface area contributed by atoms with Gasteiger partial charge in [-0.2, -0.15) is 0 Å². The maximum Gasteiger partial charge on any atom is 0.408 e. The molecule has 2 aromatic rings. The number of anilines is 1. The number of hydrogen-bond donors (Lipinski definition) is 3. The number of carbonyl (C=O) groups excluding carboxylic acids is 4. The average Bonchev–Trinajstić information content (AvgIpc) is 2.89. The number of hydrogen-bond acceptors (Lipinski definition) is 5. The van der Waals surface area contributed by atoms with Gasteiger partial charge in [-0.25, -0.2) is 4.79 Å². The summed E-state index contributed by atoms with van der Waals surface area (Å²) in [5.41, 5.74) is 8.11. The van der Waals surface area contributed by atoms with E-state index in [1.54, 1.807) is 45.0 Å². The van der Waals surface area contributed by atoms with Crippen molar-refractivity contribution in [2.75, 3.05) is 5.32 Å². The van der Waals surface area contributed by atoms with E-state index in [-0.39, 0.29) is 12.8 Å². The molecule has 0 saturated heterocycles. The maximum absolute atomic E-state index is 14.3. The van der Waals surface area contributed by atoms with Crippen molar-refractivity contribution >= 4 is 29.5 Å². The molecule has 9 heteroatoms. The Labute approximate surface area is 243 Å². The Kier molecular flexibility index (Phi) is 11.5. The predicted octanol–water partition coefficient (Wildman–Crippen LogP) is 4.75. The van der Waals surface area contributed by atoms with Crippen molar-refractivity contribution in [3.63, 3.8) is 0 Å². The predicted molar refractivity (Wildman–Crippen MR) is 160 cm³/mol.